The molecule has 1 aromatic heterocycles. The third kappa shape index (κ3) is 5.12. The number of nitrogens with one attached hydrogen (secondary N) is 1. The topological polar surface area (TPSA) is 136 Å². The van der Waals surface area contributed by atoms with Gasteiger partial charge in [-0.15, -0.1) is 0 Å². The van der Waals surface area contributed by atoms with Crippen LogP contribution >= 0.6 is 0 Å². The van der Waals surface area contributed by atoms with Crippen molar-refractivity contribution in [3.63, 3.8) is 0 Å². The molecule has 1 unspecified atom stereocenters. The molecule has 2 N–H and O–H groups in total. The zero-order chi connectivity index (χ0) is 24.3. The summed E-state index contributed by atoms with van der Waals surface area (Å²) in [4.78, 5) is 42.7. The molecule has 33 heavy (non-hydrogen) atoms. The summed E-state index contributed by atoms with van der Waals surface area (Å²) in [5.41, 5.74) is 2.29. The lowest BCUT2D eigenvalue weighted by Crippen LogP contribution is -2.19. The molecule has 9 nitrogen and oxygen atoms in total. The number of fused-ring (bicyclic) bond motifs is 4. The van der Waals surface area contributed by atoms with Gasteiger partial charge in [0.1, 0.15) is 5.78 Å². The largest absolute Gasteiger partial charge is 0.476 e. The first-order chi connectivity index (χ1) is 15.8. The number of esters is 2. The van der Waals surface area contributed by atoms with E-state index in [-0.39, 0.29) is 18.9 Å². The van der Waals surface area contributed by atoms with Crippen LogP contribution in [0.5, 0.6) is 0 Å². The van der Waals surface area contributed by atoms with Crippen LogP contribution in [0.3, 0.4) is 0 Å². The Balaban J connectivity index is 0.000000144. The Labute approximate surface area is 193 Å². The minimum Gasteiger partial charge on any atom is -0.476 e. The summed E-state index contributed by atoms with van der Waals surface area (Å²) >= 11 is 0. The smallest absolute Gasteiger partial charge is 0.417 e. The first-order valence-corrected chi connectivity index (χ1v) is 12.0. The van der Waals surface area contributed by atoms with Gasteiger partial charge in [0.05, 0.1) is 13.2 Å². The molecule has 4 aliphatic carbocycles. The molecular weight excluding hydrogens is 428 g/mol. The molecule has 182 valence electrons. The van der Waals surface area contributed by atoms with Crippen molar-refractivity contribution in [3.05, 3.63) is 17.0 Å². The standard InChI is InChI=1S/C10H12N2O2.C8H12O.C6H10O4/c1-2-4-5-3-6-8(7(4)5)11-12-9(6)10(13)14;1-2-5-6-3-4-7(9)8(5)6;1-3-9-5(7)6(8)10-4-2/h4-5,7H,2-3H2,1H3,(H,11,12)(H,13,14);5-6,8H,2-4H2,1H3;3-4H2,1-2H3/t4-,5+,7-;5?,6-,8+;/m10./s1. The number of aromatic carboxylic acids is 1. The lowest BCUT2D eigenvalue weighted by molar-refractivity contribution is -0.167. The molecule has 0 bridgehead atoms. The van der Waals surface area contributed by atoms with Gasteiger partial charge in [0.2, 0.25) is 0 Å². The third-order valence-electron chi connectivity index (χ3n) is 7.29. The quantitative estimate of drug-likeness (QED) is 0.503. The summed E-state index contributed by atoms with van der Waals surface area (Å²) in [6, 6.07) is 0. The molecule has 0 saturated heterocycles. The van der Waals surface area contributed by atoms with Crippen molar-refractivity contribution in [2.75, 3.05) is 13.2 Å². The van der Waals surface area contributed by atoms with Crippen LogP contribution in [0.4, 0.5) is 0 Å². The molecule has 0 spiro atoms. The number of ether oxygens (including phenoxy) is 2. The highest BCUT2D eigenvalue weighted by Gasteiger charge is 2.57. The highest BCUT2D eigenvalue weighted by molar-refractivity contribution is 6.29. The van der Waals surface area contributed by atoms with Crippen LogP contribution in [-0.2, 0) is 30.3 Å². The number of hydrogen-bond acceptors (Lipinski definition) is 7. The van der Waals surface area contributed by atoms with Gasteiger partial charge in [0.15, 0.2) is 5.69 Å². The molecule has 1 aromatic rings. The maximum Gasteiger partial charge on any atom is 0.417 e. The normalized spacial score (nSPS) is 29.3. The van der Waals surface area contributed by atoms with Crippen molar-refractivity contribution in [1.29, 1.82) is 0 Å². The van der Waals surface area contributed by atoms with E-state index in [0.29, 0.717) is 23.5 Å². The number of aromatic amines is 1. The van der Waals surface area contributed by atoms with E-state index in [1.807, 2.05) is 0 Å². The average Bonchev–Trinajstić information content (AvgIpc) is 3.47. The predicted octanol–water partition coefficient (Wildman–Crippen LogP) is 3.14. The van der Waals surface area contributed by atoms with Crippen molar-refractivity contribution >= 4 is 23.7 Å². The summed E-state index contributed by atoms with van der Waals surface area (Å²) in [6.45, 7) is 8.01. The van der Waals surface area contributed by atoms with Crippen molar-refractivity contribution in [3.8, 4) is 0 Å². The van der Waals surface area contributed by atoms with E-state index in [1.54, 1.807) is 13.8 Å². The van der Waals surface area contributed by atoms with Crippen LogP contribution in [0.2, 0.25) is 0 Å². The second-order valence-corrected chi connectivity index (χ2v) is 8.94. The van der Waals surface area contributed by atoms with Crippen molar-refractivity contribution < 1.29 is 33.8 Å². The third-order valence-corrected chi connectivity index (χ3v) is 7.29. The Kier molecular flexibility index (Phi) is 7.92. The van der Waals surface area contributed by atoms with Gasteiger partial charge in [-0.2, -0.15) is 5.10 Å². The van der Waals surface area contributed by atoms with Gasteiger partial charge >= 0.3 is 17.9 Å². The molecule has 9 heteroatoms. The summed E-state index contributed by atoms with van der Waals surface area (Å²) in [6.07, 6.45) is 5.40. The highest BCUT2D eigenvalue weighted by atomic mass is 16.6. The van der Waals surface area contributed by atoms with Crippen LogP contribution in [0, 0.1) is 29.6 Å². The first kappa shape index (κ1) is 24.9. The second kappa shape index (κ2) is 10.5. The molecule has 0 amide bonds. The Morgan fingerprint density at radius 1 is 0.970 bits per heavy atom. The highest BCUT2D eigenvalue weighted by Crippen LogP contribution is 2.62. The Morgan fingerprint density at radius 3 is 1.97 bits per heavy atom. The van der Waals surface area contributed by atoms with E-state index in [9.17, 15) is 19.2 Å². The van der Waals surface area contributed by atoms with Crippen molar-refractivity contribution in [1.82, 2.24) is 10.2 Å². The minimum atomic E-state index is -0.927. The number of rotatable bonds is 5. The molecule has 0 radical (unpaired) electrons. The fourth-order valence-corrected chi connectivity index (χ4v) is 5.71. The Morgan fingerprint density at radius 2 is 1.55 bits per heavy atom. The van der Waals surface area contributed by atoms with Crippen molar-refractivity contribution in [2.24, 2.45) is 29.6 Å². The van der Waals surface area contributed by atoms with Gasteiger partial charge < -0.3 is 14.6 Å². The number of carbonyl (C=O) groups excluding carboxylic acids is 3. The van der Waals surface area contributed by atoms with E-state index >= 15 is 0 Å². The summed E-state index contributed by atoms with van der Waals surface area (Å²) in [5, 5.41) is 15.6. The van der Waals surface area contributed by atoms with Gasteiger partial charge in [-0.25, -0.2) is 14.4 Å². The monoisotopic (exact) mass is 462 g/mol. The number of aromatic nitrogens is 2. The fourth-order valence-electron chi connectivity index (χ4n) is 5.71. The van der Waals surface area contributed by atoms with Gasteiger partial charge in [-0.3, -0.25) is 9.89 Å². The maximum absolute atomic E-state index is 11.0. The number of Topliss-reactive ketones (excluding diaryl/α,β-unsaturated/α-hetero) is 1. The number of carboxylic acids is 1. The number of H-pyrrole nitrogens is 1. The van der Waals surface area contributed by atoms with Crippen LogP contribution in [-0.4, -0.2) is 52.2 Å². The average molecular weight is 463 g/mol. The van der Waals surface area contributed by atoms with E-state index in [0.717, 1.165) is 41.9 Å². The molecule has 3 saturated carbocycles. The molecule has 6 atom stereocenters. The lowest BCUT2D eigenvalue weighted by atomic mass is 10.1. The van der Waals surface area contributed by atoms with E-state index < -0.39 is 17.9 Å². The van der Waals surface area contributed by atoms with E-state index in [4.69, 9.17) is 5.11 Å². The molecule has 1 heterocycles. The van der Waals surface area contributed by atoms with E-state index in [2.05, 4.69) is 33.5 Å². The Bertz CT molecular complexity index is 889. The molecule has 0 aliphatic heterocycles. The number of carbonyl (C=O) groups is 4. The molecule has 5 rings (SSSR count). The summed E-state index contributed by atoms with van der Waals surface area (Å²) in [7, 11) is 0. The molecular formula is C24H34N2O7. The number of hydrogen-bond donors (Lipinski definition) is 2. The summed E-state index contributed by atoms with van der Waals surface area (Å²) < 4.78 is 8.69. The zero-order valence-electron chi connectivity index (χ0n) is 19.8. The minimum absolute atomic E-state index is 0.192. The number of carboxylic acid groups (broad SMARTS) is 1. The van der Waals surface area contributed by atoms with Crippen LogP contribution in [0.25, 0.3) is 0 Å². The molecule has 3 fully saturated rings. The zero-order valence-corrected chi connectivity index (χ0v) is 19.8. The fraction of sp³-hybridized carbons (Fsp3) is 0.708. The summed E-state index contributed by atoms with van der Waals surface area (Å²) in [5.74, 6) is 1.98. The lowest BCUT2D eigenvalue weighted by Gasteiger charge is -1.99. The SMILES string of the molecule is CCC1[C@H]2C(=O)CC[C@@H]12.CCOC(=O)C(=O)OCC.CC[C@@H]1[C@@H]2Cc3c(C(=O)O)n[nH]c3[C@H]12. The van der Waals surface area contributed by atoms with Gasteiger partial charge in [0.25, 0.3) is 0 Å². The maximum atomic E-state index is 11.0. The molecule has 0 aromatic carbocycles. The van der Waals surface area contributed by atoms with Gasteiger partial charge in [0, 0.05) is 29.5 Å². The van der Waals surface area contributed by atoms with Crippen LogP contribution < -0.4 is 0 Å². The second-order valence-electron chi connectivity index (χ2n) is 8.94. The first-order valence-electron chi connectivity index (χ1n) is 12.0. The predicted molar refractivity (Wildman–Crippen MR) is 118 cm³/mol. The number of nitrogens with zero attached hydrogens (tertiary/aromatic N) is 1. The molecule has 4 aliphatic rings. The number of ketones is 1. The van der Waals surface area contributed by atoms with Gasteiger partial charge in [-0.05, 0) is 50.4 Å². The van der Waals surface area contributed by atoms with Crippen molar-refractivity contribution in [2.45, 2.75) is 65.7 Å². The van der Waals surface area contributed by atoms with Crippen LogP contribution in [0.1, 0.15) is 81.0 Å². The van der Waals surface area contributed by atoms with Crippen LogP contribution in [0.15, 0.2) is 0 Å². The van der Waals surface area contributed by atoms with Gasteiger partial charge in [-0.1, -0.05) is 26.7 Å². The Hall–Kier alpha value is -2.71. The van der Waals surface area contributed by atoms with E-state index in [1.165, 1.54) is 19.3 Å².